The summed E-state index contributed by atoms with van der Waals surface area (Å²) in [6.07, 6.45) is 5.87. The maximum atomic E-state index is 5.96. The molecule has 1 unspecified atom stereocenters. The molecule has 0 radical (unpaired) electrons. The lowest BCUT2D eigenvalue weighted by molar-refractivity contribution is -0.0262. The maximum absolute atomic E-state index is 5.96. The van der Waals surface area contributed by atoms with Crippen LogP contribution in [0.1, 0.15) is 71.3 Å². The molecule has 1 aromatic carbocycles. The van der Waals surface area contributed by atoms with E-state index in [1.807, 2.05) is 12.1 Å². The van der Waals surface area contributed by atoms with Crippen LogP contribution in [0.3, 0.4) is 0 Å². The largest absolute Gasteiger partial charge is 0.376 e. The molecule has 2 heteroatoms. The first-order chi connectivity index (χ1) is 9.44. The van der Waals surface area contributed by atoms with E-state index in [1.165, 1.54) is 24.8 Å². The molecule has 114 valence electrons. The maximum Gasteiger partial charge on any atom is 0.0626 e. The standard InChI is InChI=1S/C18H29ClO/c1-5-6-14-20-18(3,4)13-7-8-15(2)16-9-11-17(19)12-10-16/h9-12,15H,5-8,13-14H2,1-4H3. The fourth-order valence-corrected chi connectivity index (χ4v) is 2.48. The van der Waals surface area contributed by atoms with Crippen LogP contribution in [-0.2, 0) is 4.74 Å². The van der Waals surface area contributed by atoms with Crippen molar-refractivity contribution >= 4 is 11.6 Å². The van der Waals surface area contributed by atoms with Gasteiger partial charge in [-0.2, -0.15) is 0 Å². The molecule has 1 atom stereocenters. The molecule has 0 bridgehead atoms. The summed E-state index contributed by atoms with van der Waals surface area (Å²) in [6.45, 7) is 9.78. The third kappa shape index (κ3) is 6.76. The molecule has 0 saturated carbocycles. The summed E-state index contributed by atoms with van der Waals surface area (Å²) in [6, 6.07) is 8.22. The Kier molecular flexibility index (Phi) is 7.61. The fraction of sp³-hybridized carbons (Fsp3) is 0.667. The fourth-order valence-electron chi connectivity index (χ4n) is 2.36. The van der Waals surface area contributed by atoms with Crippen LogP contribution < -0.4 is 0 Å². The Morgan fingerprint density at radius 1 is 1.15 bits per heavy atom. The van der Waals surface area contributed by atoms with Gasteiger partial charge in [-0.1, -0.05) is 50.4 Å². The number of hydrogen-bond acceptors (Lipinski definition) is 1. The summed E-state index contributed by atoms with van der Waals surface area (Å²) < 4.78 is 5.96. The van der Waals surface area contributed by atoms with Crippen LogP contribution in [0.15, 0.2) is 24.3 Å². The average Bonchev–Trinajstić information content (AvgIpc) is 2.39. The number of ether oxygens (including phenoxy) is 1. The van der Waals surface area contributed by atoms with Crippen molar-refractivity contribution in [3.05, 3.63) is 34.9 Å². The van der Waals surface area contributed by atoms with Crippen molar-refractivity contribution in [3.63, 3.8) is 0 Å². The Hall–Kier alpha value is -0.530. The summed E-state index contributed by atoms with van der Waals surface area (Å²) in [5, 5.41) is 0.811. The highest BCUT2D eigenvalue weighted by Crippen LogP contribution is 2.26. The van der Waals surface area contributed by atoms with Crippen molar-refractivity contribution < 1.29 is 4.74 Å². The van der Waals surface area contributed by atoms with Gasteiger partial charge in [0, 0.05) is 11.6 Å². The normalized spacial score (nSPS) is 13.4. The lowest BCUT2D eigenvalue weighted by atomic mass is 9.92. The second-order valence-electron chi connectivity index (χ2n) is 6.31. The predicted molar refractivity (Wildman–Crippen MR) is 88.7 cm³/mol. The summed E-state index contributed by atoms with van der Waals surface area (Å²) in [4.78, 5) is 0. The topological polar surface area (TPSA) is 9.23 Å². The summed E-state index contributed by atoms with van der Waals surface area (Å²) in [5.74, 6) is 0.582. The number of rotatable bonds is 9. The van der Waals surface area contributed by atoms with Crippen LogP contribution in [0.2, 0.25) is 5.02 Å². The SMILES string of the molecule is CCCCOC(C)(C)CCCC(C)c1ccc(Cl)cc1. The van der Waals surface area contributed by atoms with E-state index in [-0.39, 0.29) is 5.60 Å². The highest BCUT2D eigenvalue weighted by Gasteiger charge is 2.18. The van der Waals surface area contributed by atoms with Crippen LogP contribution in [-0.4, -0.2) is 12.2 Å². The third-order valence-electron chi connectivity index (χ3n) is 3.85. The van der Waals surface area contributed by atoms with Crippen LogP contribution in [0, 0.1) is 0 Å². The number of halogens is 1. The summed E-state index contributed by atoms with van der Waals surface area (Å²) >= 11 is 5.92. The van der Waals surface area contributed by atoms with E-state index in [9.17, 15) is 0 Å². The van der Waals surface area contributed by atoms with Gasteiger partial charge in [0.15, 0.2) is 0 Å². The third-order valence-corrected chi connectivity index (χ3v) is 4.10. The minimum atomic E-state index is 0.00882. The first-order valence-electron chi connectivity index (χ1n) is 7.84. The molecule has 20 heavy (non-hydrogen) atoms. The summed E-state index contributed by atoms with van der Waals surface area (Å²) in [5.41, 5.74) is 1.38. The van der Waals surface area contributed by atoms with Gasteiger partial charge in [-0.3, -0.25) is 0 Å². The molecule has 0 saturated heterocycles. The van der Waals surface area contributed by atoms with Gasteiger partial charge < -0.3 is 4.74 Å². The van der Waals surface area contributed by atoms with Gasteiger partial charge >= 0.3 is 0 Å². The molecule has 1 aromatic rings. The van der Waals surface area contributed by atoms with Gasteiger partial charge in [-0.05, 0) is 56.7 Å². The van der Waals surface area contributed by atoms with Crippen molar-refractivity contribution in [2.45, 2.75) is 71.3 Å². The Bertz CT molecular complexity index is 370. The second-order valence-corrected chi connectivity index (χ2v) is 6.74. The van der Waals surface area contributed by atoms with Gasteiger partial charge in [0.25, 0.3) is 0 Å². The molecule has 1 rings (SSSR count). The zero-order chi connectivity index (χ0) is 15.0. The number of benzene rings is 1. The average molecular weight is 297 g/mol. The molecule has 0 heterocycles. The Morgan fingerprint density at radius 3 is 2.40 bits per heavy atom. The Balaban J connectivity index is 2.30. The molecular weight excluding hydrogens is 268 g/mol. The number of unbranched alkanes of at least 4 members (excludes halogenated alkanes) is 1. The lowest BCUT2D eigenvalue weighted by Gasteiger charge is -2.26. The van der Waals surface area contributed by atoms with Crippen molar-refractivity contribution in [2.24, 2.45) is 0 Å². The van der Waals surface area contributed by atoms with E-state index >= 15 is 0 Å². The Labute approximate surface area is 129 Å². The second kappa shape index (κ2) is 8.69. The van der Waals surface area contributed by atoms with Crippen LogP contribution in [0.5, 0.6) is 0 Å². The molecule has 1 nitrogen and oxygen atoms in total. The predicted octanol–water partition coefficient (Wildman–Crippen LogP) is 6.21. The zero-order valence-electron chi connectivity index (χ0n) is 13.4. The minimum absolute atomic E-state index is 0.00882. The minimum Gasteiger partial charge on any atom is -0.376 e. The van der Waals surface area contributed by atoms with E-state index < -0.39 is 0 Å². The first kappa shape index (κ1) is 17.5. The van der Waals surface area contributed by atoms with Gasteiger partial charge in [0.05, 0.1) is 5.60 Å². The molecule has 0 aliphatic rings. The molecule has 0 spiro atoms. The van der Waals surface area contributed by atoms with Gasteiger partial charge in [0.1, 0.15) is 0 Å². The Morgan fingerprint density at radius 2 is 1.80 bits per heavy atom. The molecule has 0 fully saturated rings. The van der Waals surface area contributed by atoms with E-state index in [1.54, 1.807) is 0 Å². The smallest absolute Gasteiger partial charge is 0.0626 e. The van der Waals surface area contributed by atoms with Crippen LogP contribution >= 0.6 is 11.6 Å². The monoisotopic (exact) mass is 296 g/mol. The molecule has 0 N–H and O–H groups in total. The van der Waals surface area contributed by atoms with Crippen LogP contribution in [0.25, 0.3) is 0 Å². The van der Waals surface area contributed by atoms with E-state index in [0.29, 0.717) is 5.92 Å². The molecule has 0 aliphatic carbocycles. The molecular formula is C18H29ClO. The zero-order valence-corrected chi connectivity index (χ0v) is 14.2. The van der Waals surface area contributed by atoms with E-state index in [2.05, 4.69) is 39.8 Å². The lowest BCUT2D eigenvalue weighted by Crippen LogP contribution is -2.25. The molecule has 0 aliphatic heterocycles. The quantitative estimate of drug-likeness (QED) is 0.492. The van der Waals surface area contributed by atoms with Crippen molar-refractivity contribution in [2.75, 3.05) is 6.61 Å². The van der Waals surface area contributed by atoms with E-state index in [0.717, 1.165) is 24.5 Å². The molecule has 0 amide bonds. The highest BCUT2D eigenvalue weighted by atomic mass is 35.5. The van der Waals surface area contributed by atoms with E-state index in [4.69, 9.17) is 16.3 Å². The van der Waals surface area contributed by atoms with Crippen molar-refractivity contribution in [1.29, 1.82) is 0 Å². The first-order valence-corrected chi connectivity index (χ1v) is 8.22. The summed E-state index contributed by atoms with van der Waals surface area (Å²) in [7, 11) is 0. The van der Waals surface area contributed by atoms with Gasteiger partial charge in [-0.15, -0.1) is 0 Å². The number of hydrogen-bond donors (Lipinski definition) is 0. The van der Waals surface area contributed by atoms with Crippen LogP contribution in [0.4, 0.5) is 0 Å². The van der Waals surface area contributed by atoms with Gasteiger partial charge in [0.2, 0.25) is 0 Å². The van der Waals surface area contributed by atoms with Gasteiger partial charge in [-0.25, -0.2) is 0 Å². The molecule has 0 aromatic heterocycles. The van der Waals surface area contributed by atoms with Crippen molar-refractivity contribution in [3.8, 4) is 0 Å². The highest BCUT2D eigenvalue weighted by molar-refractivity contribution is 6.30. The van der Waals surface area contributed by atoms with Crippen molar-refractivity contribution in [1.82, 2.24) is 0 Å².